The molecule has 0 radical (unpaired) electrons. The number of ether oxygens (including phenoxy) is 2. The van der Waals surface area contributed by atoms with E-state index in [9.17, 15) is 29.3 Å². The number of allylic oxidation sites excluding steroid dienone is 20. The maximum Gasteiger partial charge on any atom is 0.472 e. The van der Waals surface area contributed by atoms with Crippen LogP contribution in [-0.2, 0) is 32.7 Å². The van der Waals surface area contributed by atoms with Gasteiger partial charge >= 0.3 is 19.8 Å². The van der Waals surface area contributed by atoms with Crippen molar-refractivity contribution in [3.05, 3.63) is 134 Å². The molecule has 0 aromatic carbocycles. The van der Waals surface area contributed by atoms with Crippen LogP contribution in [-0.4, -0.2) is 76.9 Å². The summed E-state index contributed by atoms with van der Waals surface area (Å²) in [6.07, 6.45) is 51.8. The Labute approximate surface area is 360 Å². The van der Waals surface area contributed by atoms with E-state index in [-0.39, 0.29) is 12.8 Å². The fourth-order valence-corrected chi connectivity index (χ4v) is 5.46. The lowest BCUT2D eigenvalue weighted by atomic mass is 10.2. The molecule has 0 spiro atoms. The Hall–Kier alpha value is -3.93. The Bertz CT molecular complexity index is 1470. The molecule has 12 heteroatoms. The zero-order valence-electron chi connectivity index (χ0n) is 36.0. The lowest BCUT2D eigenvalue weighted by Crippen LogP contribution is -2.29. The number of hydrogen-bond acceptors (Lipinski definition) is 10. The van der Waals surface area contributed by atoms with E-state index in [4.69, 9.17) is 19.1 Å². The van der Waals surface area contributed by atoms with Crippen molar-refractivity contribution in [2.24, 2.45) is 0 Å². The molecule has 0 aliphatic carbocycles. The third-order valence-electron chi connectivity index (χ3n) is 7.89. The van der Waals surface area contributed by atoms with Gasteiger partial charge in [0.15, 0.2) is 6.10 Å². The van der Waals surface area contributed by atoms with Crippen LogP contribution < -0.4 is 0 Å². The second kappa shape index (κ2) is 41.8. The summed E-state index contributed by atoms with van der Waals surface area (Å²) in [7, 11) is -4.68. The van der Waals surface area contributed by atoms with Crippen molar-refractivity contribution in [3.8, 4) is 0 Å². The molecular weight excluding hydrogens is 783 g/mol. The highest BCUT2D eigenvalue weighted by atomic mass is 31.2. The second-order valence-electron chi connectivity index (χ2n) is 13.4. The van der Waals surface area contributed by atoms with Crippen LogP contribution in [0.3, 0.4) is 0 Å². The van der Waals surface area contributed by atoms with Crippen molar-refractivity contribution in [2.75, 3.05) is 26.4 Å². The number of carbonyl (C=O) groups excluding carboxylic acids is 2. The largest absolute Gasteiger partial charge is 0.472 e. The lowest BCUT2D eigenvalue weighted by molar-refractivity contribution is -0.161. The third kappa shape index (κ3) is 40.8. The number of hydrogen-bond donors (Lipinski definition) is 4. The summed E-state index contributed by atoms with van der Waals surface area (Å²) in [6, 6.07) is 0. The van der Waals surface area contributed by atoms with Crippen molar-refractivity contribution in [1.82, 2.24) is 0 Å². The lowest BCUT2D eigenvalue weighted by Gasteiger charge is -2.20. The summed E-state index contributed by atoms with van der Waals surface area (Å²) >= 11 is 0. The van der Waals surface area contributed by atoms with Gasteiger partial charge in [-0.2, -0.15) is 0 Å². The van der Waals surface area contributed by atoms with Gasteiger partial charge in [0.1, 0.15) is 12.7 Å². The topological polar surface area (TPSA) is 169 Å². The van der Waals surface area contributed by atoms with Gasteiger partial charge < -0.3 is 29.7 Å². The number of phosphoric acid groups is 1. The Morgan fingerprint density at radius 2 is 1.05 bits per heavy atom. The fraction of sp³-hybridized carbons (Fsp3) is 0.500. The van der Waals surface area contributed by atoms with Crippen LogP contribution in [0.25, 0.3) is 0 Å². The first-order valence-electron chi connectivity index (χ1n) is 21.3. The van der Waals surface area contributed by atoms with Crippen molar-refractivity contribution >= 4 is 19.8 Å². The van der Waals surface area contributed by atoms with E-state index in [1.165, 1.54) is 0 Å². The summed E-state index contributed by atoms with van der Waals surface area (Å²) in [5, 5.41) is 28.3. The summed E-state index contributed by atoms with van der Waals surface area (Å²) < 4.78 is 32.5. The van der Waals surface area contributed by atoms with Gasteiger partial charge in [0, 0.05) is 12.8 Å². The number of esters is 2. The maximum absolute atomic E-state index is 12.6. The van der Waals surface area contributed by atoms with E-state index >= 15 is 0 Å². The molecule has 0 bridgehead atoms. The summed E-state index contributed by atoms with van der Waals surface area (Å²) in [5.74, 6) is -1.15. The van der Waals surface area contributed by atoms with Crippen LogP contribution in [0.2, 0.25) is 0 Å². The number of aliphatic hydroxyl groups excluding tert-OH is 3. The second-order valence-corrected chi connectivity index (χ2v) is 14.9. The first kappa shape index (κ1) is 56.1. The normalized spacial score (nSPS) is 15.6. The first-order chi connectivity index (χ1) is 29.1. The fourth-order valence-electron chi connectivity index (χ4n) is 4.67. The first-order valence-corrected chi connectivity index (χ1v) is 22.7. The van der Waals surface area contributed by atoms with Gasteiger partial charge in [-0.05, 0) is 83.5 Å². The smallest absolute Gasteiger partial charge is 0.462 e. The molecule has 0 aliphatic heterocycles. The molecule has 0 fully saturated rings. The van der Waals surface area contributed by atoms with Crippen molar-refractivity contribution < 1.29 is 52.9 Å². The molecule has 0 amide bonds. The molecule has 4 atom stereocenters. The van der Waals surface area contributed by atoms with E-state index in [1.807, 2.05) is 60.8 Å². The van der Waals surface area contributed by atoms with Gasteiger partial charge in [-0.25, -0.2) is 4.57 Å². The molecule has 0 aromatic heterocycles. The molecule has 0 heterocycles. The Morgan fingerprint density at radius 3 is 1.60 bits per heavy atom. The zero-order valence-corrected chi connectivity index (χ0v) is 36.9. The molecule has 11 nitrogen and oxygen atoms in total. The van der Waals surface area contributed by atoms with Crippen LogP contribution >= 0.6 is 7.82 Å². The highest BCUT2D eigenvalue weighted by Gasteiger charge is 2.27. The molecule has 0 aliphatic rings. The molecule has 4 N–H and O–H groups in total. The molecule has 0 aromatic rings. The predicted octanol–water partition coefficient (Wildman–Crippen LogP) is 10.3. The van der Waals surface area contributed by atoms with Gasteiger partial charge in [-0.1, -0.05) is 148 Å². The van der Waals surface area contributed by atoms with E-state index in [0.29, 0.717) is 38.5 Å². The average Bonchev–Trinajstić information content (AvgIpc) is 3.23. The van der Waals surface area contributed by atoms with Crippen LogP contribution in [0.1, 0.15) is 110 Å². The summed E-state index contributed by atoms with van der Waals surface area (Å²) in [6.45, 7) is 1.87. The molecule has 0 saturated carbocycles. The van der Waals surface area contributed by atoms with Gasteiger partial charge in [0.2, 0.25) is 0 Å². The number of aliphatic hydroxyl groups is 3. The van der Waals surface area contributed by atoms with Gasteiger partial charge in [-0.15, -0.1) is 0 Å². The average molecular weight is 857 g/mol. The Morgan fingerprint density at radius 1 is 0.567 bits per heavy atom. The zero-order chi connectivity index (χ0) is 44.2. The summed E-state index contributed by atoms with van der Waals surface area (Å²) in [4.78, 5) is 34.9. The van der Waals surface area contributed by atoms with Crippen LogP contribution in [0, 0.1) is 0 Å². The van der Waals surface area contributed by atoms with Gasteiger partial charge in [-0.3, -0.25) is 18.6 Å². The highest BCUT2D eigenvalue weighted by molar-refractivity contribution is 7.47. The van der Waals surface area contributed by atoms with Crippen molar-refractivity contribution in [3.63, 3.8) is 0 Å². The van der Waals surface area contributed by atoms with E-state index < -0.39 is 64.5 Å². The number of carbonyl (C=O) groups is 2. The predicted molar refractivity (Wildman–Crippen MR) is 243 cm³/mol. The standard InChI is InChI=1S/C48H73O11P/c1-3-5-7-9-11-12-13-14-15-16-17-18-19-20-21-22-27-31-35-39-48(53)59-46(43-58-60(54,55)57-41-45(51)40-49)42-56-47(52)38-34-30-26-24-23-25-29-33-37-44(50)36-32-28-10-8-6-4-2/h5-8,11-12,14-15,17-18,20-21,24-29,31-33,37,44-46,49-51H,3-4,9-10,13,16,19,22-23,30,34-36,38-43H2,1-2H3,(H,54,55)/b7-5-,8-6-,12-11-,15-14-,18-17-,21-20-,26-24-,29-25-,31-27-,32-28-,37-33+/t44?,45-,46+/m0/s1. The van der Waals surface area contributed by atoms with Gasteiger partial charge in [0.25, 0.3) is 0 Å². The minimum Gasteiger partial charge on any atom is -0.462 e. The quantitative estimate of drug-likeness (QED) is 0.0154. The number of phosphoric ester groups is 1. The Kier molecular flexibility index (Phi) is 39.1. The summed E-state index contributed by atoms with van der Waals surface area (Å²) in [5.41, 5.74) is 0. The number of unbranched alkanes of at least 4 members (excludes halogenated alkanes) is 1. The van der Waals surface area contributed by atoms with Gasteiger partial charge in [0.05, 0.1) is 25.9 Å². The molecule has 2 unspecified atom stereocenters. The van der Waals surface area contributed by atoms with E-state index in [0.717, 1.165) is 44.9 Å². The van der Waals surface area contributed by atoms with Crippen LogP contribution in [0.5, 0.6) is 0 Å². The molecule has 60 heavy (non-hydrogen) atoms. The minimum atomic E-state index is -4.68. The molecule has 336 valence electrons. The minimum absolute atomic E-state index is 0.0252. The molecular formula is C48H73O11P. The third-order valence-corrected chi connectivity index (χ3v) is 8.84. The van der Waals surface area contributed by atoms with Crippen LogP contribution in [0.4, 0.5) is 0 Å². The number of rotatable bonds is 37. The Balaban J connectivity index is 4.62. The van der Waals surface area contributed by atoms with Crippen LogP contribution in [0.15, 0.2) is 134 Å². The SMILES string of the molecule is CC/C=C\C/C=C\C/C=C\C/C=C\C/C=C\C/C=C\CCC(=O)O[C@H](COC(=O)CCC/C=C\C/C=C\C=C\C(O)C/C=C\C/C=C\CC)COP(=O)(O)OC[C@@H](O)CO. The van der Waals surface area contributed by atoms with E-state index in [1.54, 1.807) is 6.08 Å². The highest BCUT2D eigenvalue weighted by Crippen LogP contribution is 2.43. The molecule has 0 saturated heterocycles. The molecule has 0 rings (SSSR count). The maximum atomic E-state index is 12.6. The monoisotopic (exact) mass is 856 g/mol. The van der Waals surface area contributed by atoms with Crippen molar-refractivity contribution in [2.45, 2.75) is 128 Å². The van der Waals surface area contributed by atoms with E-state index in [2.05, 4.69) is 85.2 Å². The van der Waals surface area contributed by atoms with Crippen molar-refractivity contribution in [1.29, 1.82) is 0 Å².